The van der Waals surface area contributed by atoms with Crippen LogP contribution in [0.5, 0.6) is 5.88 Å². The average Bonchev–Trinajstić information content (AvgIpc) is 2.38. The van der Waals surface area contributed by atoms with Crippen molar-refractivity contribution < 1.29 is 9.53 Å². The predicted octanol–water partition coefficient (Wildman–Crippen LogP) is 2.39. The first kappa shape index (κ1) is 12.6. The highest BCUT2D eigenvalue weighted by Gasteiger charge is 2.16. The number of rotatable bonds is 3. The Morgan fingerprint density at radius 3 is 2.83 bits per heavy atom. The maximum Gasteiger partial charge on any atom is 0.254 e. The molecule has 0 aliphatic heterocycles. The van der Waals surface area contributed by atoms with E-state index in [4.69, 9.17) is 10.5 Å². The zero-order valence-corrected chi connectivity index (χ0v) is 10.8. The van der Waals surface area contributed by atoms with Gasteiger partial charge in [0.25, 0.3) is 5.91 Å². The lowest BCUT2D eigenvalue weighted by Gasteiger charge is -2.18. The Labute approximate surface area is 107 Å². The molecule has 2 rings (SSSR count). The van der Waals surface area contributed by atoms with Crippen molar-refractivity contribution in [3.8, 4) is 5.88 Å². The van der Waals surface area contributed by atoms with Gasteiger partial charge in [-0.15, -0.1) is 0 Å². The fourth-order valence-electron chi connectivity index (χ4n) is 2.16. The lowest BCUT2D eigenvalue weighted by Crippen LogP contribution is -2.14. The van der Waals surface area contributed by atoms with E-state index in [0.717, 1.165) is 24.5 Å². The smallest absolute Gasteiger partial charge is 0.254 e. The average molecular weight is 246 g/mol. The van der Waals surface area contributed by atoms with Crippen molar-refractivity contribution in [1.82, 2.24) is 4.98 Å². The summed E-state index contributed by atoms with van der Waals surface area (Å²) in [5.41, 5.74) is 7.69. The SMILES string of the molecule is COc1nc(C2=CCC(C)CC2)ccc1C(N)=O. The number of allylic oxidation sites excluding steroid dienone is 2. The largest absolute Gasteiger partial charge is 0.480 e. The molecular formula is C14H18N2O2. The molecule has 1 atom stereocenters. The summed E-state index contributed by atoms with van der Waals surface area (Å²) in [5, 5.41) is 0. The van der Waals surface area contributed by atoms with Crippen molar-refractivity contribution in [3.63, 3.8) is 0 Å². The molecule has 4 heteroatoms. The number of amides is 1. The quantitative estimate of drug-likeness (QED) is 0.890. The van der Waals surface area contributed by atoms with Gasteiger partial charge in [-0.05, 0) is 42.9 Å². The fourth-order valence-corrected chi connectivity index (χ4v) is 2.16. The van der Waals surface area contributed by atoms with Gasteiger partial charge in [-0.3, -0.25) is 4.79 Å². The van der Waals surface area contributed by atoms with E-state index < -0.39 is 5.91 Å². The number of methoxy groups -OCH3 is 1. The number of aromatic nitrogens is 1. The summed E-state index contributed by atoms with van der Waals surface area (Å²) in [6.07, 6.45) is 5.50. The van der Waals surface area contributed by atoms with Crippen molar-refractivity contribution >= 4 is 11.5 Å². The van der Waals surface area contributed by atoms with Crippen LogP contribution in [0.4, 0.5) is 0 Å². The maximum atomic E-state index is 11.2. The molecule has 1 aliphatic carbocycles. The molecule has 0 aromatic carbocycles. The van der Waals surface area contributed by atoms with Gasteiger partial charge in [0.05, 0.1) is 12.8 Å². The topological polar surface area (TPSA) is 65.2 Å². The molecule has 1 aromatic rings. The first-order valence-corrected chi connectivity index (χ1v) is 6.16. The van der Waals surface area contributed by atoms with Crippen molar-refractivity contribution in [2.75, 3.05) is 7.11 Å². The van der Waals surface area contributed by atoms with E-state index in [1.165, 1.54) is 19.1 Å². The molecule has 0 fully saturated rings. The van der Waals surface area contributed by atoms with Crippen LogP contribution in [0.2, 0.25) is 0 Å². The zero-order valence-electron chi connectivity index (χ0n) is 10.8. The van der Waals surface area contributed by atoms with Gasteiger partial charge < -0.3 is 10.5 Å². The molecule has 2 N–H and O–H groups in total. The van der Waals surface area contributed by atoms with Crippen LogP contribution in [-0.2, 0) is 0 Å². The molecule has 96 valence electrons. The molecule has 0 spiro atoms. The normalized spacial score (nSPS) is 19.2. The van der Waals surface area contributed by atoms with Crippen LogP contribution >= 0.6 is 0 Å². The maximum absolute atomic E-state index is 11.2. The monoisotopic (exact) mass is 246 g/mol. The summed E-state index contributed by atoms with van der Waals surface area (Å²) < 4.78 is 5.12. The van der Waals surface area contributed by atoms with E-state index in [2.05, 4.69) is 18.0 Å². The number of carbonyl (C=O) groups excluding carboxylic acids is 1. The molecule has 0 bridgehead atoms. The van der Waals surface area contributed by atoms with Gasteiger partial charge in [-0.1, -0.05) is 13.0 Å². The fraction of sp³-hybridized carbons (Fsp3) is 0.429. The Bertz CT molecular complexity index is 495. The van der Waals surface area contributed by atoms with Crippen LogP contribution in [-0.4, -0.2) is 18.0 Å². The van der Waals surface area contributed by atoms with E-state index >= 15 is 0 Å². The zero-order chi connectivity index (χ0) is 13.1. The number of hydrogen-bond donors (Lipinski definition) is 1. The number of hydrogen-bond acceptors (Lipinski definition) is 3. The van der Waals surface area contributed by atoms with E-state index in [-0.39, 0.29) is 0 Å². The van der Waals surface area contributed by atoms with Crippen LogP contribution in [0, 0.1) is 5.92 Å². The van der Waals surface area contributed by atoms with Crippen LogP contribution in [0.15, 0.2) is 18.2 Å². The van der Waals surface area contributed by atoms with Gasteiger partial charge >= 0.3 is 0 Å². The number of carbonyl (C=O) groups is 1. The minimum Gasteiger partial charge on any atom is -0.480 e. The number of nitrogens with zero attached hydrogens (tertiary/aromatic N) is 1. The lowest BCUT2D eigenvalue weighted by molar-refractivity contribution is 0.0996. The first-order chi connectivity index (χ1) is 8.61. The Hall–Kier alpha value is -1.84. The van der Waals surface area contributed by atoms with E-state index in [1.807, 2.05) is 6.07 Å². The number of ether oxygens (including phenoxy) is 1. The first-order valence-electron chi connectivity index (χ1n) is 6.16. The van der Waals surface area contributed by atoms with Crippen molar-refractivity contribution in [1.29, 1.82) is 0 Å². The Kier molecular flexibility index (Phi) is 3.65. The second-order valence-corrected chi connectivity index (χ2v) is 4.73. The van der Waals surface area contributed by atoms with Crippen molar-refractivity contribution in [2.24, 2.45) is 11.7 Å². The molecule has 1 heterocycles. The molecule has 1 amide bonds. The molecule has 0 saturated heterocycles. The highest BCUT2D eigenvalue weighted by Crippen LogP contribution is 2.30. The standard InChI is InChI=1S/C14H18N2O2/c1-9-3-5-10(6-4-9)12-8-7-11(13(15)17)14(16-12)18-2/h5,7-9H,3-4,6H2,1-2H3,(H2,15,17). The van der Waals surface area contributed by atoms with Gasteiger partial charge in [0, 0.05) is 0 Å². The predicted molar refractivity (Wildman–Crippen MR) is 70.3 cm³/mol. The highest BCUT2D eigenvalue weighted by molar-refractivity contribution is 5.95. The number of primary amides is 1. The third-order valence-corrected chi connectivity index (χ3v) is 3.32. The Morgan fingerprint density at radius 1 is 1.50 bits per heavy atom. The molecular weight excluding hydrogens is 228 g/mol. The van der Waals surface area contributed by atoms with Crippen LogP contribution in [0.3, 0.4) is 0 Å². The van der Waals surface area contributed by atoms with Crippen LogP contribution < -0.4 is 10.5 Å². The Morgan fingerprint density at radius 2 is 2.28 bits per heavy atom. The molecule has 0 saturated carbocycles. The van der Waals surface area contributed by atoms with Crippen molar-refractivity contribution in [2.45, 2.75) is 26.2 Å². The van der Waals surface area contributed by atoms with E-state index in [1.54, 1.807) is 6.07 Å². The van der Waals surface area contributed by atoms with E-state index in [9.17, 15) is 4.79 Å². The van der Waals surface area contributed by atoms with E-state index in [0.29, 0.717) is 11.4 Å². The second-order valence-electron chi connectivity index (χ2n) is 4.73. The van der Waals surface area contributed by atoms with Crippen LogP contribution in [0.25, 0.3) is 5.57 Å². The summed E-state index contributed by atoms with van der Waals surface area (Å²) in [5.74, 6) is 0.525. The van der Waals surface area contributed by atoms with Gasteiger partial charge in [-0.25, -0.2) is 4.98 Å². The third-order valence-electron chi connectivity index (χ3n) is 3.32. The minimum atomic E-state index is -0.517. The Balaban J connectivity index is 2.33. The molecule has 1 aromatic heterocycles. The molecule has 18 heavy (non-hydrogen) atoms. The summed E-state index contributed by atoms with van der Waals surface area (Å²) in [7, 11) is 1.50. The molecule has 1 aliphatic rings. The highest BCUT2D eigenvalue weighted by atomic mass is 16.5. The van der Waals surface area contributed by atoms with Gasteiger partial charge in [0.1, 0.15) is 5.56 Å². The summed E-state index contributed by atoms with van der Waals surface area (Å²) in [6, 6.07) is 3.52. The number of pyridine rings is 1. The van der Waals surface area contributed by atoms with Crippen molar-refractivity contribution in [3.05, 3.63) is 29.5 Å². The van der Waals surface area contributed by atoms with Gasteiger partial charge in [0.2, 0.25) is 5.88 Å². The molecule has 0 radical (unpaired) electrons. The van der Waals surface area contributed by atoms with Gasteiger partial charge in [0.15, 0.2) is 0 Å². The lowest BCUT2D eigenvalue weighted by atomic mass is 9.89. The second kappa shape index (κ2) is 5.21. The number of nitrogens with two attached hydrogens (primary N) is 1. The minimum absolute atomic E-state index is 0.305. The summed E-state index contributed by atoms with van der Waals surface area (Å²) in [6.45, 7) is 2.25. The third kappa shape index (κ3) is 2.53. The van der Waals surface area contributed by atoms with Gasteiger partial charge in [-0.2, -0.15) is 0 Å². The summed E-state index contributed by atoms with van der Waals surface area (Å²) >= 11 is 0. The molecule has 1 unspecified atom stereocenters. The van der Waals surface area contributed by atoms with Crippen LogP contribution in [0.1, 0.15) is 42.2 Å². The molecule has 4 nitrogen and oxygen atoms in total. The summed E-state index contributed by atoms with van der Waals surface area (Å²) in [4.78, 5) is 15.6.